The lowest BCUT2D eigenvalue weighted by molar-refractivity contribution is 0.0972. The van der Waals surface area contributed by atoms with Gasteiger partial charge in [-0.15, -0.1) is 23.2 Å². The normalized spacial score (nSPS) is 11.8. The number of hydrogen-bond donors (Lipinski definition) is 0. The van der Waals surface area contributed by atoms with Crippen molar-refractivity contribution in [3.63, 3.8) is 0 Å². The Labute approximate surface area is 100 Å². The maximum Gasteiger partial charge on any atom is 0.165 e. The molecule has 1 aromatic carbocycles. The Balaban J connectivity index is 2.73. The van der Waals surface area contributed by atoms with E-state index in [-0.39, 0.29) is 18.1 Å². The lowest BCUT2D eigenvalue weighted by Gasteiger charge is -2.22. The molecule has 1 aromatic rings. The average Bonchev–Trinajstić information content (AvgIpc) is 2.18. The second-order valence-electron chi connectivity index (χ2n) is 3.88. The van der Waals surface area contributed by atoms with Gasteiger partial charge in [0.15, 0.2) is 5.78 Å². The molecule has 15 heavy (non-hydrogen) atoms. The quantitative estimate of drug-likeness (QED) is 0.576. The largest absolute Gasteiger partial charge is 0.294 e. The Kier molecular flexibility index (Phi) is 4.18. The van der Waals surface area contributed by atoms with Crippen molar-refractivity contribution in [2.75, 3.05) is 0 Å². The van der Waals surface area contributed by atoms with Gasteiger partial charge in [-0.2, -0.15) is 0 Å². The molecule has 82 valence electrons. The predicted molar refractivity (Wildman–Crippen MR) is 64.7 cm³/mol. The third kappa shape index (κ3) is 3.51. The molecule has 0 amide bonds. The van der Waals surface area contributed by atoms with E-state index in [4.69, 9.17) is 23.2 Å². The van der Waals surface area contributed by atoms with Gasteiger partial charge in [0.2, 0.25) is 0 Å². The summed E-state index contributed by atoms with van der Waals surface area (Å²) in [7, 11) is 0. The predicted octanol–water partition coefficient (Wildman–Crippen LogP) is 4.09. The first-order valence-corrected chi connectivity index (χ1v) is 5.65. The van der Waals surface area contributed by atoms with E-state index in [9.17, 15) is 4.79 Å². The van der Waals surface area contributed by atoms with Crippen molar-refractivity contribution in [3.05, 3.63) is 35.9 Å². The monoisotopic (exact) mass is 244 g/mol. The number of benzene rings is 1. The lowest BCUT2D eigenvalue weighted by Crippen LogP contribution is -2.24. The Morgan fingerprint density at radius 1 is 1.27 bits per heavy atom. The molecule has 0 atom stereocenters. The van der Waals surface area contributed by atoms with Crippen LogP contribution in [0.2, 0.25) is 0 Å². The van der Waals surface area contributed by atoms with Crippen molar-refractivity contribution in [3.8, 4) is 0 Å². The van der Waals surface area contributed by atoms with Gasteiger partial charge >= 0.3 is 0 Å². The van der Waals surface area contributed by atoms with Crippen molar-refractivity contribution in [2.24, 2.45) is 5.92 Å². The number of ketones is 1. The molecule has 0 aliphatic rings. The number of rotatable bonds is 4. The summed E-state index contributed by atoms with van der Waals surface area (Å²) in [6, 6.07) is 9.06. The van der Waals surface area contributed by atoms with Gasteiger partial charge < -0.3 is 0 Å². The second-order valence-corrected chi connectivity index (χ2v) is 5.42. The maximum atomic E-state index is 11.8. The molecule has 0 saturated heterocycles. The second kappa shape index (κ2) is 5.00. The highest BCUT2D eigenvalue weighted by Crippen LogP contribution is 2.34. The van der Waals surface area contributed by atoms with Crippen molar-refractivity contribution in [1.29, 1.82) is 0 Å². The summed E-state index contributed by atoms with van der Waals surface area (Å²) in [6.45, 7) is 3.80. The van der Waals surface area contributed by atoms with E-state index in [1.165, 1.54) is 0 Å². The molecule has 0 radical (unpaired) electrons. The van der Waals surface area contributed by atoms with E-state index in [0.717, 1.165) is 0 Å². The van der Waals surface area contributed by atoms with Gasteiger partial charge in [0.25, 0.3) is 0 Å². The van der Waals surface area contributed by atoms with Gasteiger partial charge in [-0.3, -0.25) is 4.79 Å². The number of halogens is 2. The summed E-state index contributed by atoms with van der Waals surface area (Å²) in [5, 5.41) is 0. The molecular weight excluding hydrogens is 231 g/mol. The summed E-state index contributed by atoms with van der Waals surface area (Å²) >= 11 is 12.1. The minimum absolute atomic E-state index is 0.0192. The van der Waals surface area contributed by atoms with Crippen LogP contribution in [0.3, 0.4) is 0 Å². The van der Waals surface area contributed by atoms with Crippen molar-refractivity contribution >= 4 is 29.0 Å². The zero-order valence-electron chi connectivity index (χ0n) is 8.84. The van der Waals surface area contributed by atoms with E-state index in [2.05, 4.69) is 0 Å². The molecule has 0 saturated carbocycles. The highest BCUT2D eigenvalue weighted by molar-refractivity contribution is 6.49. The number of alkyl halides is 2. The molecule has 0 N–H and O–H groups in total. The van der Waals surface area contributed by atoms with Crippen molar-refractivity contribution in [2.45, 2.75) is 24.6 Å². The van der Waals surface area contributed by atoms with E-state index in [1.54, 1.807) is 12.1 Å². The van der Waals surface area contributed by atoms with Crippen LogP contribution >= 0.6 is 23.2 Å². The van der Waals surface area contributed by atoms with Crippen LogP contribution in [0.15, 0.2) is 30.3 Å². The van der Waals surface area contributed by atoms with Crippen LogP contribution in [0, 0.1) is 5.92 Å². The third-order valence-electron chi connectivity index (χ3n) is 2.34. The number of hydrogen-bond acceptors (Lipinski definition) is 1. The van der Waals surface area contributed by atoms with Crippen LogP contribution in [-0.2, 0) is 0 Å². The average molecular weight is 245 g/mol. The molecule has 0 aliphatic heterocycles. The number of Topliss-reactive ketones (excluding diaryl/α,β-unsaturated/α-hetero) is 1. The van der Waals surface area contributed by atoms with Crippen molar-refractivity contribution in [1.82, 2.24) is 0 Å². The lowest BCUT2D eigenvalue weighted by atomic mass is 10.0. The van der Waals surface area contributed by atoms with Crippen LogP contribution in [0.25, 0.3) is 0 Å². The fraction of sp³-hybridized carbons (Fsp3) is 0.417. The van der Waals surface area contributed by atoms with Crippen LogP contribution < -0.4 is 0 Å². The van der Waals surface area contributed by atoms with E-state index in [0.29, 0.717) is 5.56 Å². The zero-order chi connectivity index (χ0) is 11.5. The van der Waals surface area contributed by atoms with E-state index >= 15 is 0 Å². The SMILES string of the molecule is CC(C)C(Cl)(Cl)CC(=O)c1ccccc1. The van der Waals surface area contributed by atoms with Gasteiger partial charge in [0, 0.05) is 12.0 Å². The minimum Gasteiger partial charge on any atom is -0.294 e. The van der Waals surface area contributed by atoms with Crippen molar-refractivity contribution < 1.29 is 4.79 Å². The molecule has 1 rings (SSSR count). The molecule has 0 aliphatic carbocycles. The van der Waals surface area contributed by atoms with Gasteiger partial charge in [-0.05, 0) is 5.92 Å². The molecule has 0 bridgehead atoms. The number of carbonyl (C=O) groups excluding carboxylic acids is 1. The Bertz CT molecular complexity index is 331. The zero-order valence-corrected chi connectivity index (χ0v) is 10.3. The molecule has 0 heterocycles. The fourth-order valence-electron chi connectivity index (χ4n) is 1.14. The van der Waals surface area contributed by atoms with Crippen LogP contribution in [0.4, 0.5) is 0 Å². The first kappa shape index (κ1) is 12.5. The van der Waals surface area contributed by atoms with E-state index in [1.807, 2.05) is 32.0 Å². The minimum atomic E-state index is -0.979. The molecule has 0 unspecified atom stereocenters. The van der Waals surface area contributed by atoms with Crippen LogP contribution in [0.5, 0.6) is 0 Å². The van der Waals surface area contributed by atoms with Gasteiger partial charge in [-0.25, -0.2) is 0 Å². The molecule has 3 heteroatoms. The fourth-order valence-corrected chi connectivity index (χ4v) is 1.39. The summed E-state index contributed by atoms with van der Waals surface area (Å²) in [6.07, 6.45) is 0.151. The summed E-state index contributed by atoms with van der Waals surface area (Å²) < 4.78 is -0.979. The van der Waals surface area contributed by atoms with Gasteiger partial charge in [0.05, 0.1) is 0 Å². The Morgan fingerprint density at radius 3 is 2.27 bits per heavy atom. The molecule has 1 nitrogen and oxygen atoms in total. The maximum absolute atomic E-state index is 11.8. The third-order valence-corrected chi connectivity index (χ3v) is 3.48. The smallest absolute Gasteiger partial charge is 0.165 e. The summed E-state index contributed by atoms with van der Waals surface area (Å²) in [5.41, 5.74) is 0.656. The first-order chi connectivity index (χ1) is 6.93. The van der Waals surface area contributed by atoms with E-state index < -0.39 is 4.33 Å². The van der Waals surface area contributed by atoms with Gasteiger partial charge in [0.1, 0.15) is 4.33 Å². The first-order valence-electron chi connectivity index (χ1n) is 4.89. The highest BCUT2D eigenvalue weighted by atomic mass is 35.5. The topological polar surface area (TPSA) is 17.1 Å². The van der Waals surface area contributed by atoms with Crippen LogP contribution in [0.1, 0.15) is 30.6 Å². The summed E-state index contributed by atoms with van der Waals surface area (Å²) in [5.74, 6) is 0.0304. The molecule has 0 spiro atoms. The molecular formula is C12H14Cl2O. The molecule has 0 fully saturated rings. The van der Waals surface area contributed by atoms with Crippen LogP contribution in [-0.4, -0.2) is 10.1 Å². The Hall–Kier alpha value is -0.530. The summed E-state index contributed by atoms with van der Waals surface area (Å²) in [4.78, 5) is 11.8. The molecule has 0 aromatic heterocycles. The number of carbonyl (C=O) groups is 1. The highest BCUT2D eigenvalue weighted by Gasteiger charge is 2.31. The Morgan fingerprint density at radius 2 is 1.80 bits per heavy atom. The van der Waals surface area contributed by atoms with Gasteiger partial charge in [-0.1, -0.05) is 44.2 Å². The standard InChI is InChI=1S/C12H14Cl2O/c1-9(2)12(13,14)8-11(15)10-6-4-3-5-7-10/h3-7,9H,8H2,1-2H3.